The van der Waals surface area contributed by atoms with Crippen molar-refractivity contribution in [2.45, 2.75) is 37.9 Å². The molecule has 4 nitrogen and oxygen atoms in total. The third kappa shape index (κ3) is 5.17. The van der Waals surface area contributed by atoms with Crippen molar-refractivity contribution < 1.29 is 27.1 Å². The highest BCUT2D eigenvalue weighted by atomic mass is 32.2. The summed E-state index contributed by atoms with van der Waals surface area (Å²) in [5, 5.41) is -4.33. The van der Waals surface area contributed by atoms with Crippen LogP contribution in [0.3, 0.4) is 0 Å². The van der Waals surface area contributed by atoms with Crippen molar-refractivity contribution in [1.82, 2.24) is 0 Å². The Hall–Kier alpha value is -0.560. The van der Waals surface area contributed by atoms with E-state index in [9.17, 15) is 17.8 Å². The molecule has 0 radical (unpaired) electrons. The highest BCUT2D eigenvalue weighted by molar-refractivity contribution is 7.81. The highest BCUT2D eigenvalue weighted by Gasteiger charge is 2.47. The van der Waals surface area contributed by atoms with Crippen LogP contribution < -0.4 is 0 Å². The highest BCUT2D eigenvalue weighted by Crippen LogP contribution is 2.19. The molecule has 1 N–H and O–H groups in total. The van der Waals surface area contributed by atoms with Gasteiger partial charge in [0.1, 0.15) is 0 Å². The van der Waals surface area contributed by atoms with Crippen LogP contribution in [-0.4, -0.2) is 26.6 Å². The molecule has 0 aromatic rings. The lowest BCUT2D eigenvalue weighted by molar-refractivity contribution is -0.161. The molecule has 0 aromatic heterocycles. The van der Waals surface area contributed by atoms with Gasteiger partial charge in [0, 0.05) is 0 Å². The van der Waals surface area contributed by atoms with Crippen molar-refractivity contribution in [1.29, 1.82) is 0 Å². The zero-order valence-corrected chi connectivity index (χ0v) is 9.19. The van der Waals surface area contributed by atoms with Gasteiger partial charge in [-0.05, 0) is 6.42 Å². The van der Waals surface area contributed by atoms with Gasteiger partial charge in [0.15, 0.2) is 0 Å². The second-order valence-corrected chi connectivity index (χ2v) is 3.97. The van der Waals surface area contributed by atoms with Gasteiger partial charge >= 0.3 is 11.2 Å². The molecule has 0 aliphatic rings. The van der Waals surface area contributed by atoms with Crippen molar-refractivity contribution >= 4 is 17.0 Å². The maximum absolute atomic E-state index is 12.5. The average Bonchev–Trinajstić information content (AvgIpc) is 2.16. The number of carbonyl (C=O) groups is 1. The Morgan fingerprint density at radius 3 is 2.47 bits per heavy atom. The number of ether oxygens (including phenoxy) is 1. The van der Waals surface area contributed by atoms with Gasteiger partial charge in [-0.2, -0.15) is 8.78 Å². The zero-order chi connectivity index (χ0) is 11.9. The van der Waals surface area contributed by atoms with Crippen LogP contribution in [0.5, 0.6) is 0 Å². The predicted molar refractivity (Wildman–Crippen MR) is 50.8 cm³/mol. The number of hydrogen-bond donors (Lipinski definition) is 1. The first kappa shape index (κ1) is 14.4. The summed E-state index contributed by atoms with van der Waals surface area (Å²) >= 11 is -3.52. The largest absolute Gasteiger partial charge is 0.460 e. The van der Waals surface area contributed by atoms with E-state index < -0.39 is 22.3 Å². The molecule has 0 saturated carbocycles. The first-order valence-electron chi connectivity index (χ1n) is 4.59. The Bertz CT molecular complexity index is 233. The van der Waals surface area contributed by atoms with E-state index in [1.54, 1.807) is 0 Å². The topological polar surface area (TPSA) is 63.6 Å². The fraction of sp³-hybridized carbons (Fsp3) is 0.875. The lowest BCUT2D eigenvalue weighted by atomic mass is 10.2. The van der Waals surface area contributed by atoms with Crippen molar-refractivity contribution in [3.8, 4) is 0 Å². The summed E-state index contributed by atoms with van der Waals surface area (Å²) in [7, 11) is 0. The maximum atomic E-state index is 12.5. The quantitative estimate of drug-likeness (QED) is 0.422. The first-order valence-corrected chi connectivity index (χ1v) is 5.69. The fourth-order valence-corrected chi connectivity index (χ4v) is 1.05. The minimum atomic E-state index is -4.33. The molecule has 0 aliphatic carbocycles. The van der Waals surface area contributed by atoms with Gasteiger partial charge in [-0.15, -0.1) is 0 Å². The SMILES string of the molecule is CCCCCCOC(=O)C(F)(F)S(=O)O. The molecule has 0 aromatic carbocycles. The third-order valence-electron chi connectivity index (χ3n) is 1.69. The number of esters is 1. The van der Waals surface area contributed by atoms with Crippen molar-refractivity contribution in [3.63, 3.8) is 0 Å². The number of unbranched alkanes of at least 4 members (excludes halogenated alkanes) is 3. The molecule has 7 heteroatoms. The Labute approximate surface area is 89.3 Å². The molecule has 0 amide bonds. The van der Waals surface area contributed by atoms with Crippen LogP contribution in [0.25, 0.3) is 0 Å². The van der Waals surface area contributed by atoms with E-state index in [1.807, 2.05) is 6.92 Å². The van der Waals surface area contributed by atoms with E-state index in [0.29, 0.717) is 6.42 Å². The summed E-state index contributed by atoms with van der Waals surface area (Å²) in [6.45, 7) is 1.83. The molecule has 0 bridgehead atoms. The van der Waals surface area contributed by atoms with Crippen LogP contribution in [0.1, 0.15) is 32.6 Å². The molecule has 90 valence electrons. The third-order valence-corrected chi connectivity index (χ3v) is 2.29. The molecular weight excluding hydrogens is 230 g/mol. The van der Waals surface area contributed by atoms with Crippen LogP contribution in [0.4, 0.5) is 8.78 Å². The molecule has 0 spiro atoms. The minimum absolute atomic E-state index is 0.147. The monoisotopic (exact) mass is 244 g/mol. The van der Waals surface area contributed by atoms with E-state index in [1.165, 1.54) is 0 Å². The van der Waals surface area contributed by atoms with E-state index >= 15 is 0 Å². The maximum Gasteiger partial charge on any atom is 0.439 e. The molecule has 0 saturated heterocycles. The van der Waals surface area contributed by atoms with Crippen LogP contribution >= 0.6 is 0 Å². The van der Waals surface area contributed by atoms with Crippen molar-refractivity contribution in [2.24, 2.45) is 0 Å². The first-order chi connectivity index (χ1) is 6.92. The van der Waals surface area contributed by atoms with Crippen LogP contribution in [0.15, 0.2) is 0 Å². The Balaban J connectivity index is 3.79. The molecule has 0 fully saturated rings. The van der Waals surface area contributed by atoms with Crippen molar-refractivity contribution in [2.75, 3.05) is 6.61 Å². The predicted octanol–water partition coefficient (Wildman–Crippen LogP) is 1.92. The van der Waals surface area contributed by atoms with Gasteiger partial charge in [0.05, 0.1) is 6.61 Å². The number of hydrogen-bond acceptors (Lipinski definition) is 3. The van der Waals surface area contributed by atoms with Gasteiger partial charge in [0.25, 0.3) is 0 Å². The summed E-state index contributed by atoms with van der Waals surface area (Å²) in [6, 6.07) is 0. The standard InChI is InChI=1S/C8H14F2O4S/c1-2-3-4-5-6-14-7(11)8(9,10)15(12)13/h2-6H2,1H3,(H,12,13). The van der Waals surface area contributed by atoms with E-state index in [0.717, 1.165) is 19.3 Å². The van der Waals surface area contributed by atoms with Gasteiger partial charge in [-0.3, -0.25) is 0 Å². The number of halogens is 2. The number of carbonyl (C=O) groups excluding carboxylic acids is 1. The average molecular weight is 244 g/mol. The summed E-state index contributed by atoms with van der Waals surface area (Å²) in [5.74, 6) is -1.94. The zero-order valence-electron chi connectivity index (χ0n) is 8.37. The van der Waals surface area contributed by atoms with E-state index in [4.69, 9.17) is 4.55 Å². The van der Waals surface area contributed by atoms with Gasteiger partial charge in [-0.25, -0.2) is 9.00 Å². The second-order valence-electron chi connectivity index (χ2n) is 2.96. The number of alkyl halides is 2. The minimum Gasteiger partial charge on any atom is -0.460 e. The summed E-state index contributed by atoms with van der Waals surface area (Å²) < 4.78 is 47.3. The lowest BCUT2D eigenvalue weighted by Crippen LogP contribution is -2.35. The molecule has 0 heterocycles. The second kappa shape index (κ2) is 6.84. The molecule has 0 aliphatic heterocycles. The molecule has 1 atom stereocenters. The van der Waals surface area contributed by atoms with Crippen molar-refractivity contribution in [3.05, 3.63) is 0 Å². The van der Waals surface area contributed by atoms with E-state index in [2.05, 4.69) is 4.74 Å². The summed E-state index contributed by atoms with van der Waals surface area (Å²) in [4.78, 5) is 10.6. The fourth-order valence-electron chi connectivity index (χ4n) is 0.849. The number of rotatable bonds is 7. The van der Waals surface area contributed by atoms with Crippen LogP contribution in [0, 0.1) is 0 Å². The summed E-state index contributed by atoms with van der Waals surface area (Å²) in [6.07, 6.45) is 3.16. The smallest absolute Gasteiger partial charge is 0.439 e. The van der Waals surface area contributed by atoms with Crippen LogP contribution in [-0.2, 0) is 20.6 Å². The van der Waals surface area contributed by atoms with Gasteiger partial charge in [-0.1, -0.05) is 26.2 Å². The van der Waals surface area contributed by atoms with Gasteiger partial charge < -0.3 is 9.29 Å². The Morgan fingerprint density at radius 2 is 2.00 bits per heavy atom. The van der Waals surface area contributed by atoms with Crippen LogP contribution in [0.2, 0.25) is 0 Å². The Morgan fingerprint density at radius 1 is 1.40 bits per heavy atom. The van der Waals surface area contributed by atoms with E-state index in [-0.39, 0.29) is 6.61 Å². The van der Waals surface area contributed by atoms with Gasteiger partial charge in [0.2, 0.25) is 11.1 Å². The molecule has 1 unspecified atom stereocenters. The lowest BCUT2D eigenvalue weighted by Gasteiger charge is -2.10. The molecular formula is C8H14F2O4S. The Kier molecular flexibility index (Phi) is 6.58. The normalized spacial score (nSPS) is 13.6. The summed E-state index contributed by atoms with van der Waals surface area (Å²) in [5.41, 5.74) is 0. The molecule has 0 rings (SSSR count). The molecule has 15 heavy (non-hydrogen) atoms.